The maximum absolute atomic E-state index is 13.6. The molecule has 0 aliphatic carbocycles. The number of amides is 3. The maximum Gasteiger partial charge on any atom is 0.414 e. The standard InChI is InChI=1S/C42H56N4O9/c1-29-14-16-31(17-15-29)26-55-42(50)46-25-33(43-27-47)12-9-11-32-22-38(52-5)40(24-36(32)46)54-20-8-6-7-19-53-39-23-35(30(2)21-37(39)51-4)44(3)41(49)34-13-10-18-45(34)28-48/h14-17,21-24,27-28,33-34,41,49H,6-13,18-20,25-26H2,1-5H3,(H,43,47). The normalized spacial score (nSPS) is 17.3. The number of hydrogen-bond donors (Lipinski definition) is 2. The Morgan fingerprint density at radius 3 is 2.29 bits per heavy atom. The maximum atomic E-state index is 13.6. The molecule has 1 fully saturated rings. The molecule has 2 aliphatic heterocycles. The number of anilines is 2. The largest absolute Gasteiger partial charge is 0.493 e. The molecule has 2 N–H and O–H groups in total. The summed E-state index contributed by atoms with van der Waals surface area (Å²) in [6, 6.07) is 14.9. The number of methoxy groups -OCH3 is 2. The van der Waals surface area contributed by atoms with Crippen LogP contribution in [-0.2, 0) is 27.4 Å². The zero-order valence-electron chi connectivity index (χ0n) is 32.8. The first-order valence-corrected chi connectivity index (χ1v) is 19.1. The van der Waals surface area contributed by atoms with Gasteiger partial charge in [0.2, 0.25) is 12.8 Å². The van der Waals surface area contributed by atoms with Crippen molar-refractivity contribution in [2.45, 2.75) is 90.1 Å². The molecule has 298 valence electrons. The van der Waals surface area contributed by atoms with E-state index in [0.717, 1.165) is 72.9 Å². The van der Waals surface area contributed by atoms with Crippen LogP contribution >= 0.6 is 0 Å². The van der Waals surface area contributed by atoms with Crippen LogP contribution in [-0.4, -0.2) is 94.8 Å². The molecule has 0 aromatic heterocycles. The van der Waals surface area contributed by atoms with E-state index in [4.69, 9.17) is 23.7 Å². The molecule has 3 atom stereocenters. The Balaban J connectivity index is 1.19. The van der Waals surface area contributed by atoms with Gasteiger partial charge in [0, 0.05) is 44.0 Å². The molecular weight excluding hydrogens is 704 g/mol. The lowest BCUT2D eigenvalue weighted by molar-refractivity contribution is -0.120. The van der Waals surface area contributed by atoms with Gasteiger partial charge in [-0.05, 0) is 94.0 Å². The first-order valence-electron chi connectivity index (χ1n) is 19.1. The summed E-state index contributed by atoms with van der Waals surface area (Å²) in [5, 5.41) is 14.0. The highest BCUT2D eigenvalue weighted by molar-refractivity contribution is 5.89. The van der Waals surface area contributed by atoms with E-state index >= 15 is 0 Å². The van der Waals surface area contributed by atoms with Crippen LogP contribution in [0, 0.1) is 13.8 Å². The first-order chi connectivity index (χ1) is 26.7. The summed E-state index contributed by atoms with van der Waals surface area (Å²) in [7, 11) is 5.02. The van der Waals surface area contributed by atoms with Gasteiger partial charge in [-0.1, -0.05) is 29.8 Å². The van der Waals surface area contributed by atoms with Gasteiger partial charge in [-0.2, -0.15) is 0 Å². The third-order valence-corrected chi connectivity index (χ3v) is 10.4. The third kappa shape index (κ3) is 10.5. The number of carbonyl (C=O) groups excluding carboxylic acids is 3. The van der Waals surface area contributed by atoms with Crippen molar-refractivity contribution < 1.29 is 43.2 Å². The fourth-order valence-corrected chi connectivity index (χ4v) is 7.29. The number of aliphatic hydroxyl groups is 1. The zero-order valence-corrected chi connectivity index (χ0v) is 32.8. The van der Waals surface area contributed by atoms with Crippen molar-refractivity contribution in [3.8, 4) is 23.0 Å². The Kier molecular flexibility index (Phi) is 14.9. The molecule has 0 spiro atoms. The van der Waals surface area contributed by atoms with Gasteiger partial charge in [0.15, 0.2) is 23.0 Å². The molecule has 3 unspecified atom stereocenters. The number of carbonyl (C=O) groups is 3. The summed E-state index contributed by atoms with van der Waals surface area (Å²) in [5.74, 6) is 2.29. The fourth-order valence-electron chi connectivity index (χ4n) is 7.29. The van der Waals surface area contributed by atoms with Crippen molar-refractivity contribution in [1.29, 1.82) is 0 Å². The van der Waals surface area contributed by atoms with Crippen molar-refractivity contribution in [3.05, 3.63) is 70.8 Å². The summed E-state index contributed by atoms with van der Waals surface area (Å²) >= 11 is 0. The number of ether oxygens (including phenoxy) is 5. The lowest BCUT2D eigenvalue weighted by atomic mass is 9.98. The minimum absolute atomic E-state index is 0.125. The molecule has 1 saturated heterocycles. The van der Waals surface area contributed by atoms with Gasteiger partial charge in [0.1, 0.15) is 12.8 Å². The molecule has 0 radical (unpaired) electrons. The summed E-state index contributed by atoms with van der Waals surface area (Å²) in [6.07, 6.45) is 6.30. The second-order valence-electron chi connectivity index (χ2n) is 14.3. The predicted molar refractivity (Wildman–Crippen MR) is 210 cm³/mol. The van der Waals surface area contributed by atoms with Gasteiger partial charge >= 0.3 is 6.09 Å². The van der Waals surface area contributed by atoms with Crippen molar-refractivity contribution >= 4 is 30.3 Å². The highest BCUT2D eigenvalue weighted by atomic mass is 16.6. The molecule has 5 rings (SSSR count). The third-order valence-electron chi connectivity index (χ3n) is 10.4. The number of fused-ring (bicyclic) bond motifs is 1. The number of nitrogens with zero attached hydrogens (tertiary/aromatic N) is 3. The number of rotatable bonds is 18. The molecule has 55 heavy (non-hydrogen) atoms. The molecule has 2 aliphatic rings. The number of likely N-dealkylation sites (tertiary alicyclic amines) is 1. The minimum atomic E-state index is -0.854. The predicted octanol–water partition coefficient (Wildman–Crippen LogP) is 5.92. The molecule has 2 heterocycles. The minimum Gasteiger partial charge on any atom is -0.493 e. The van der Waals surface area contributed by atoms with Gasteiger partial charge < -0.3 is 43.9 Å². The van der Waals surface area contributed by atoms with Crippen LogP contribution in [0.3, 0.4) is 0 Å². The average Bonchev–Trinajstić information content (AvgIpc) is 3.67. The van der Waals surface area contributed by atoms with Crippen LogP contribution in [0.5, 0.6) is 23.0 Å². The summed E-state index contributed by atoms with van der Waals surface area (Å²) in [5.41, 5.74) is 5.34. The summed E-state index contributed by atoms with van der Waals surface area (Å²) in [4.78, 5) is 41.6. The highest BCUT2D eigenvalue weighted by Crippen LogP contribution is 2.39. The van der Waals surface area contributed by atoms with Crippen molar-refractivity contribution in [1.82, 2.24) is 10.2 Å². The van der Waals surface area contributed by atoms with E-state index < -0.39 is 12.3 Å². The Labute approximate surface area is 324 Å². The van der Waals surface area contributed by atoms with E-state index in [2.05, 4.69) is 5.32 Å². The van der Waals surface area contributed by atoms with Crippen LogP contribution in [0.25, 0.3) is 0 Å². The molecular formula is C42H56N4O9. The Morgan fingerprint density at radius 2 is 1.62 bits per heavy atom. The molecule has 0 saturated carbocycles. The highest BCUT2D eigenvalue weighted by Gasteiger charge is 2.33. The molecule has 3 aromatic carbocycles. The van der Waals surface area contributed by atoms with E-state index in [0.29, 0.717) is 67.7 Å². The molecule has 3 aromatic rings. The second kappa shape index (κ2) is 19.9. The number of likely N-dealkylation sites (N-methyl/N-ethyl adjacent to an activating group) is 1. The van der Waals surface area contributed by atoms with Crippen molar-refractivity contribution in [3.63, 3.8) is 0 Å². The lowest BCUT2D eigenvalue weighted by Crippen LogP contribution is -2.47. The smallest absolute Gasteiger partial charge is 0.414 e. The number of aliphatic hydroxyl groups excluding tert-OH is 1. The van der Waals surface area contributed by atoms with Gasteiger partial charge in [-0.15, -0.1) is 0 Å². The molecule has 13 nitrogen and oxygen atoms in total. The van der Waals surface area contributed by atoms with E-state index in [1.54, 1.807) is 28.9 Å². The quantitative estimate of drug-likeness (QED) is 0.0913. The lowest BCUT2D eigenvalue weighted by Gasteiger charge is -2.34. The fraction of sp³-hybridized carbons (Fsp3) is 0.500. The Morgan fingerprint density at radius 1 is 0.927 bits per heavy atom. The van der Waals surface area contributed by atoms with Crippen LogP contribution in [0.1, 0.15) is 67.2 Å². The van der Waals surface area contributed by atoms with Gasteiger partial charge in [-0.25, -0.2) is 4.79 Å². The van der Waals surface area contributed by atoms with Crippen LogP contribution in [0.4, 0.5) is 16.2 Å². The number of unbranched alkanes of at least 4 members (excludes halogenated alkanes) is 2. The van der Waals surface area contributed by atoms with Gasteiger partial charge in [-0.3, -0.25) is 14.5 Å². The summed E-state index contributed by atoms with van der Waals surface area (Å²) in [6.45, 7) is 5.86. The number of benzene rings is 3. The Hall–Kier alpha value is -5.17. The first kappa shape index (κ1) is 41.0. The zero-order chi connectivity index (χ0) is 39.3. The summed E-state index contributed by atoms with van der Waals surface area (Å²) < 4.78 is 29.6. The second-order valence-corrected chi connectivity index (χ2v) is 14.3. The molecule has 0 bridgehead atoms. The number of nitrogens with one attached hydrogen (secondary N) is 1. The number of hydrogen-bond acceptors (Lipinski definition) is 10. The van der Waals surface area contributed by atoms with Crippen LogP contribution < -0.4 is 34.1 Å². The van der Waals surface area contributed by atoms with E-state index in [-0.39, 0.29) is 25.2 Å². The Bertz CT molecular complexity index is 1740. The number of aryl methyl sites for hydroxylation is 3. The van der Waals surface area contributed by atoms with E-state index in [1.165, 1.54) is 0 Å². The monoisotopic (exact) mass is 760 g/mol. The van der Waals surface area contributed by atoms with E-state index in [1.807, 2.05) is 69.4 Å². The topological polar surface area (TPSA) is 139 Å². The average molecular weight is 761 g/mol. The SMILES string of the molecule is COc1cc2c(cc1OCCCCCOc1cc(N(C)C(O)C3CCCN3C=O)c(C)cc1OC)N(C(=O)OCc1ccc(C)cc1)CC(NC=O)CCC2. The van der Waals surface area contributed by atoms with Crippen LogP contribution in [0.15, 0.2) is 48.5 Å². The van der Waals surface area contributed by atoms with Gasteiger partial charge in [0.25, 0.3) is 0 Å². The van der Waals surface area contributed by atoms with Crippen molar-refractivity contribution in [2.24, 2.45) is 0 Å². The van der Waals surface area contributed by atoms with Crippen LogP contribution in [0.2, 0.25) is 0 Å². The van der Waals surface area contributed by atoms with E-state index in [9.17, 15) is 19.5 Å². The molecule has 3 amide bonds. The molecule has 13 heteroatoms. The van der Waals surface area contributed by atoms with Crippen molar-refractivity contribution in [2.75, 3.05) is 57.4 Å². The van der Waals surface area contributed by atoms with Gasteiger partial charge in [0.05, 0.1) is 39.2 Å².